The van der Waals surface area contributed by atoms with Crippen molar-refractivity contribution in [1.29, 1.82) is 0 Å². The number of rotatable bonds is 6. The Morgan fingerprint density at radius 1 is 1.07 bits per heavy atom. The molecule has 0 fully saturated rings. The van der Waals surface area contributed by atoms with Gasteiger partial charge in [0.05, 0.1) is 0 Å². The molecule has 5 nitrogen and oxygen atoms in total. The Morgan fingerprint density at radius 3 is 1.71 bits per heavy atom. The van der Waals surface area contributed by atoms with Gasteiger partial charge in [-0.25, -0.2) is 0 Å². The van der Waals surface area contributed by atoms with Gasteiger partial charge in [0, 0.05) is 0 Å². The maximum absolute atomic E-state index is 10.5. The van der Waals surface area contributed by atoms with Crippen molar-refractivity contribution in [2.24, 2.45) is 0 Å². The molecule has 0 atom stereocenters. The minimum atomic E-state index is -1.06. The summed E-state index contributed by atoms with van der Waals surface area (Å²) < 4.78 is 8.95. The van der Waals surface area contributed by atoms with Crippen LogP contribution in [0.5, 0.6) is 0 Å². The van der Waals surface area contributed by atoms with Gasteiger partial charge in [0.25, 0.3) is 0 Å². The summed E-state index contributed by atoms with van der Waals surface area (Å²) in [5.41, 5.74) is 0. The number of esters is 2. The molecule has 0 aliphatic heterocycles. The number of alkyl halides is 2. The third-order valence-corrected chi connectivity index (χ3v) is 1.53. The normalized spacial score (nSPS) is 10.0. The predicted molar refractivity (Wildman–Crippen MR) is 49.4 cm³/mol. The first kappa shape index (κ1) is 13.5. The van der Waals surface area contributed by atoms with Crippen LogP contribution in [0.1, 0.15) is 0 Å². The lowest BCUT2D eigenvalue weighted by atomic mass is 10.4. The first-order chi connectivity index (χ1) is 6.60. The summed E-state index contributed by atoms with van der Waals surface area (Å²) in [5, 5.41) is 9.10. The van der Waals surface area contributed by atoms with E-state index in [9.17, 15) is 9.59 Å². The molecule has 7 heteroatoms. The minimum Gasteiger partial charge on any atom is -0.462 e. The molecule has 0 amide bonds. The number of carbonyl (C=O) groups excluding carboxylic acids is 2. The first-order valence-electron chi connectivity index (χ1n) is 3.71. The molecule has 14 heavy (non-hydrogen) atoms. The summed E-state index contributed by atoms with van der Waals surface area (Å²) in [5.74, 6) is -1.86. The molecule has 0 unspecified atom stereocenters. The van der Waals surface area contributed by atoms with Crippen molar-refractivity contribution < 1.29 is 24.2 Å². The quantitative estimate of drug-likeness (QED) is 0.523. The van der Waals surface area contributed by atoms with Crippen LogP contribution in [-0.4, -0.2) is 48.1 Å². The van der Waals surface area contributed by atoms with Crippen LogP contribution in [0.15, 0.2) is 0 Å². The van der Waals surface area contributed by atoms with E-state index in [1.807, 2.05) is 0 Å². The van der Waals surface area contributed by atoms with Crippen LogP contribution in [0, 0.1) is 0 Å². The van der Waals surface area contributed by atoms with Crippen molar-refractivity contribution in [3.8, 4) is 0 Å². The second-order valence-corrected chi connectivity index (χ2v) is 2.82. The number of hydrogen-bond donors (Lipinski definition) is 1. The molecular weight excluding hydrogens is 235 g/mol. The van der Waals surface area contributed by atoms with E-state index in [4.69, 9.17) is 28.3 Å². The Bertz CT molecular complexity index is 177. The van der Waals surface area contributed by atoms with Crippen LogP contribution in [0.2, 0.25) is 0 Å². The summed E-state index contributed by atoms with van der Waals surface area (Å²) in [6.45, 7) is -0.526. The number of halogens is 2. The summed E-state index contributed by atoms with van der Waals surface area (Å²) >= 11 is 10.3. The van der Waals surface area contributed by atoms with Gasteiger partial charge >= 0.3 is 11.9 Å². The van der Waals surface area contributed by atoms with E-state index in [-0.39, 0.29) is 25.0 Å². The highest BCUT2D eigenvalue weighted by molar-refractivity contribution is 6.26. The lowest BCUT2D eigenvalue weighted by Gasteiger charge is -2.10. The maximum atomic E-state index is 10.5. The van der Waals surface area contributed by atoms with E-state index < -0.39 is 18.0 Å². The van der Waals surface area contributed by atoms with Crippen molar-refractivity contribution in [2.45, 2.75) is 6.10 Å². The molecule has 0 spiro atoms. The largest absolute Gasteiger partial charge is 0.462 e. The van der Waals surface area contributed by atoms with Crippen LogP contribution in [0.3, 0.4) is 0 Å². The molecule has 0 saturated carbocycles. The monoisotopic (exact) mass is 244 g/mol. The van der Waals surface area contributed by atoms with Crippen molar-refractivity contribution >= 4 is 35.1 Å². The fourth-order valence-electron chi connectivity index (χ4n) is 0.504. The van der Waals surface area contributed by atoms with Gasteiger partial charge in [-0.1, -0.05) is 0 Å². The van der Waals surface area contributed by atoms with Gasteiger partial charge in [0.15, 0.2) is 0 Å². The van der Waals surface area contributed by atoms with Crippen LogP contribution < -0.4 is 0 Å². The van der Waals surface area contributed by atoms with E-state index in [1.165, 1.54) is 0 Å². The highest BCUT2D eigenvalue weighted by Gasteiger charge is 2.10. The predicted octanol–water partition coefficient (Wildman–Crippen LogP) is -0.0887. The Kier molecular flexibility index (Phi) is 7.55. The van der Waals surface area contributed by atoms with Crippen LogP contribution >= 0.6 is 23.2 Å². The molecule has 0 aromatic carbocycles. The highest BCUT2D eigenvalue weighted by atomic mass is 35.5. The van der Waals surface area contributed by atoms with Gasteiger partial charge < -0.3 is 14.6 Å². The maximum Gasteiger partial charge on any atom is 0.320 e. The van der Waals surface area contributed by atoms with Gasteiger partial charge in [-0.15, -0.1) is 23.2 Å². The third kappa shape index (κ3) is 6.94. The Hall–Kier alpha value is -0.520. The van der Waals surface area contributed by atoms with Gasteiger partial charge in [-0.05, 0) is 0 Å². The fraction of sp³-hybridized carbons (Fsp3) is 0.714. The number of aliphatic hydroxyl groups excluding tert-OH is 1. The molecule has 0 aromatic rings. The fourth-order valence-corrected chi connectivity index (χ4v) is 0.658. The van der Waals surface area contributed by atoms with E-state index in [0.717, 1.165) is 0 Å². The second-order valence-electron chi connectivity index (χ2n) is 2.29. The molecule has 0 radical (unpaired) electrons. The smallest absolute Gasteiger partial charge is 0.320 e. The standard InChI is InChI=1S/C7H10Cl2O5/c8-1-6(11)13-3-5(10)4-14-7(12)2-9/h5,10H,1-4H2. The van der Waals surface area contributed by atoms with Gasteiger partial charge in [-0.3, -0.25) is 9.59 Å². The number of carbonyl (C=O) groups is 2. The molecule has 0 saturated heterocycles. The highest BCUT2D eigenvalue weighted by Crippen LogP contribution is 1.91. The SMILES string of the molecule is O=C(CCl)OCC(O)COC(=O)CCl. The van der Waals surface area contributed by atoms with Crippen molar-refractivity contribution in [2.75, 3.05) is 25.0 Å². The van der Waals surface area contributed by atoms with Crippen LogP contribution in [0.25, 0.3) is 0 Å². The lowest BCUT2D eigenvalue weighted by Crippen LogP contribution is -2.25. The van der Waals surface area contributed by atoms with Crippen molar-refractivity contribution in [3.63, 3.8) is 0 Å². The zero-order chi connectivity index (χ0) is 11.0. The van der Waals surface area contributed by atoms with E-state index in [0.29, 0.717) is 0 Å². The number of hydrogen-bond acceptors (Lipinski definition) is 5. The zero-order valence-electron chi connectivity index (χ0n) is 7.24. The average molecular weight is 245 g/mol. The minimum absolute atomic E-state index is 0.263. The van der Waals surface area contributed by atoms with Gasteiger partial charge in [-0.2, -0.15) is 0 Å². The van der Waals surface area contributed by atoms with E-state index in [2.05, 4.69) is 9.47 Å². The Morgan fingerprint density at radius 2 is 1.43 bits per heavy atom. The molecule has 1 N–H and O–H groups in total. The third-order valence-electron chi connectivity index (χ3n) is 1.09. The Labute approximate surface area is 90.9 Å². The second kappa shape index (κ2) is 7.84. The molecule has 82 valence electrons. The lowest BCUT2D eigenvalue weighted by molar-refractivity contribution is -0.149. The molecule has 0 bridgehead atoms. The summed E-state index contributed by atoms with van der Waals surface area (Å²) in [4.78, 5) is 21.0. The zero-order valence-corrected chi connectivity index (χ0v) is 8.75. The first-order valence-corrected chi connectivity index (χ1v) is 4.78. The Balaban J connectivity index is 3.50. The van der Waals surface area contributed by atoms with Gasteiger partial charge in [0.2, 0.25) is 0 Å². The summed E-state index contributed by atoms with van der Waals surface area (Å²) in [6, 6.07) is 0. The van der Waals surface area contributed by atoms with Crippen molar-refractivity contribution in [1.82, 2.24) is 0 Å². The number of aliphatic hydroxyl groups is 1. The average Bonchev–Trinajstić information content (AvgIpc) is 2.22. The molecule has 0 aliphatic rings. The van der Waals surface area contributed by atoms with Crippen molar-refractivity contribution in [3.05, 3.63) is 0 Å². The molecule has 0 aromatic heterocycles. The molecular formula is C7H10Cl2O5. The molecule has 0 aliphatic carbocycles. The summed E-state index contributed by atoms with van der Waals surface area (Å²) in [7, 11) is 0. The summed E-state index contributed by atoms with van der Waals surface area (Å²) in [6.07, 6.45) is -1.06. The number of ether oxygens (including phenoxy) is 2. The van der Waals surface area contributed by atoms with Crippen LogP contribution in [-0.2, 0) is 19.1 Å². The van der Waals surface area contributed by atoms with E-state index in [1.54, 1.807) is 0 Å². The van der Waals surface area contributed by atoms with E-state index >= 15 is 0 Å². The van der Waals surface area contributed by atoms with Gasteiger partial charge in [0.1, 0.15) is 31.1 Å². The topological polar surface area (TPSA) is 72.8 Å². The molecule has 0 rings (SSSR count). The molecule has 0 heterocycles. The van der Waals surface area contributed by atoms with Crippen LogP contribution in [0.4, 0.5) is 0 Å².